The van der Waals surface area contributed by atoms with Crippen LogP contribution in [0.2, 0.25) is 0 Å². The van der Waals surface area contributed by atoms with Crippen molar-refractivity contribution in [2.45, 2.75) is 26.2 Å². The number of anilines is 1. The zero-order valence-corrected chi connectivity index (χ0v) is 13.6. The molecule has 4 heteroatoms. The molecule has 4 nitrogen and oxygen atoms in total. The first kappa shape index (κ1) is 14.7. The summed E-state index contributed by atoms with van der Waals surface area (Å²) < 4.78 is 1.92. The average Bonchev–Trinajstić information content (AvgIpc) is 3.20. The van der Waals surface area contributed by atoms with E-state index in [0.29, 0.717) is 5.69 Å². The van der Waals surface area contributed by atoms with Crippen molar-refractivity contribution in [3.8, 4) is 5.69 Å². The van der Waals surface area contributed by atoms with Gasteiger partial charge in [-0.3, -0.25) is 4.79 Å². The Balaban J connectivity index is 1.68. The molecule has 0 bridgehead atoms. The van der Waals surface area contributed by atoms with Crippen LogP contribution in [0.3, 0.4) is 0 Å². The maximum atomic E-state index is 12.7. The van der Waals surface area contributed by atoms with Gasteiger partial charge in [0, 0.05) is 16.9 Å². The lowest BCUT2D eigenvalue weighted by Crippen LogP contribution is -2.14. The van der Waals surface area contributed by atoms with E-state index in [4.69, 9.17) is 0 Å². The fraction of sp³-hybridized carbons (Fsp3) is 0.200. The molecule has 1 heterocycles. The third-order valence-corrected chi connectivity index (χ3v) is 4.46. The van der Waals surface area contributed by atoms with E-state index < -0.39 is 0 Å². The number of hydrogen-bond donors (Lipinski definition) is 1. The number of aryl methyl sites for hydroxylation is 1. The van der Waals surface area contributed by atoms with Crippen molar-refractivity contribution in [1.29, 1.82) is 0 Å². The second kappa shape index (κ2) is 5.96. The fourth-order valence-corrected chi connectivity index (χ4v) is 3.23. The Labute approximate surface area is 141 Å². The number of carbonyl (C=O) groups excluding carboxylic acids is 1. The molecule has 0 atom stereocenters. The first-order chi connectivity index (χ1) is 11.7. The smallest absolute Gasteiger partial charge is 0.276 e. The highest BCUT2D eigenvalue weighted by Crippen LogP contribution is 2.28. The van der Waals surface area contributed by atoms with Crippen LogP contribution in [0.15, 0.2) is 54.6 Å². The molecule has 0 saturated carbocycles. The van der Waals surface area contributed by atoms with Gasteiger partial charge in [0.2, 0.25) is 0 Å². The van der Waals surface area contributed by atoms with Crippen molar-refractivity contribution < 1.29 is 4.79 Å². The molecule has 4 rings (SSSR count). The summed E-state index contributed by atoms with van der Waals surface area (Å²) in [6.07, 6.45) is 2.96. The molecular formula is C20H19N3O. The number of carbonyl (C=O) groups is 1. The quantitative estimate of drug-likeness (QED) is 0.796. The van der Waals surface area contributed by atoms with E-state index in [-0.39, 0.29) is 5.91 Å². The SMILES string of the molecule is Cc1ccc(NC(=O)c2nn(-c3ccccc3)c3c2CCC3)cc1. The Bertz CT molecular complexity index is 879. The molecule has 1 aromatic heterocycles. The predicted octanol–water partition coefficient (Wildman–Crippen LogP) is 3.92. The maximum Gasteiger partial charge on any atom is 0.276 e. The molecule has 0 saturated heterocycles. The molecule has 2 aromatic carbocycles. The van der Waals surface area contributed by atoms with Crippen LogP contribution in [0.5, 0.6) is 0 Å². The molecule has 0 aliphatic heterocycles. The number of nitrogens with one attached hydrogen (secondary N) is 1. The van der Waals surface area contributed by atoms with E-state index in [1.165, 1.54) is 5.56 Å². The standard InChI is InChI=1S/C20H19N3O/c1-14-10-12-15(13-11-14)21-20(24)19-17-8-5-9-18(17)23(22-19)16-6-3-2-4-7-16/h2-4,6-7,10-13H,5,8-9H2,1H3,(H,21,24). The van der Waals surface area contributed by atoms with Crippen molar-refractivity contribution in [2.24, 2.45) is 0 Å². The molecule has 1 amide bonds. The molecule has 1 aliphatic rings. The lowest BCUT2D eigenvalue weighted by atomic mass is 10.2. The molecule has 0 spiro atoms. The summed E-state index contributed by atoms with van der Waals surface area (Å²) in [4.78, 5) is 12.7. The number of para-hydroxylation sites is 1. The van der Waals surface area contributed by atoms with Crippen molar-refractivity contribution in [2.75, 3.05) is 5.32 Å². The summed E-state index contributed by atoms with van der Waals surface area (Å²) in [6, 6.07) is 17.8. The van der Waals surface area contributed by atoms with E-state index in [9.17, 15) is 4.79 Å². The lowest BCUT2D eigenvalue weighted by Gasteiger charge is -2.05. The molecule has 120 valence electrons. The second-order valence-electron chi connectivity index (χ2n) is 6.19. The number of hydrogen-bond acceptors (Lipinski definition) is 2. The summed E-state index contributed by atoms with van der Waals surface area (Å²) in [6.45, 7) is 2.03. The largest absolute Gasteiger partial charge is 0.321 e. The topological polar surface area (TPSA) is 46.9 Å². The zero-order chi connectivity index (χ0) is 16.5. The van der Waals surface area contributed by atoms with Gasteiger partial charge in [-0.05, 0) is 50.5 Å². The molecule has 0 radical (unpaired) electrons. The number of benzene rings is 2. The van der Waals surface area contributed by atoms with Gasteiger partial charge in [-0.15, -0.1) is 0 Å². The summed E-state index contributed by atoms with van der Waals surface area (Å²) in [7, 11) is 0. The Morgan fingerprint density at radius 3 is 2.54 bits per heavy atom. The van der Waals surface area contributed by atoms with Crippen LogP contribution >= 0.6 is 0 Å². The van der Waals surface area contributed by atoms with Crippen LogP contribution in [0.1, 0.15) is 33.7 Å². The first-order valence-corrected chi connectivity index (χ1v) is 8.26. The summed E-state index contributed by atoms with van der Waals surface area (Å²) >= 11 is 0. The Morgan fingerprint density at radius 1 is 1.04 bits per heavy atom. The van der Waals surface area contributed by atoms with Gasteiger partial charge < -0.3 is 5.32 Å². The number of fused-ring (bicyclic) bond motifs is 1. The Kier molecular flexibility index (Phi) is 3.65. The molecular weight excluding hydrogens is 298 g/mol. The first-order valence-electron chi connectivity index (χ1n) is 8.26. The fourth-order valence-electron chi connectivity index (χ4n) is 3.23. The number of amides is 1. The normalized spacial score (nSPS) is 12.9. The van der Waals surface area contributed by atoms with Crippen molar-refractivity contribution in [1.82, 2.24) is 9.78 Å². The van der Waals surface area contributed by atoms with Gasteiger partial charge in [-0.25, -0.2) is 4.68 Å². The summed E-state index contributed by atoms with van der Waals surface area (Å²) in [5, 5.41) is 7.59. The molecule has 1 aliphatic carbocycles. The van der Waals surface area contributed by atoms with Gasteiger partial charge in [0.25, 0.3) is 5.91 Å². The Hall–Kier alpha value is -2.88. The van der Waals surface area contributed by atoms with Crippen molar-refractivity contribution in [3.05, 3.63) is 77.1 Å². The van der Waals surface area contributed by atoms with Crippen LogP contribution in [0.4, 0.5) is 5.69 Å². The van der Waals surface area contributed by atoms with Crippen molar-refractivity contribution >= 4 is 11.6 Å². The highest BCUT2D eigenvalue weighted by Gasteiger charge is 2.26. The lowest BCUT2D eigenvalue weighted by molar-refractivity contribution is 0.102. The van der Waals surface area contributed by atoms with E-state index >= 15 is 0 Å². The molecule has 24 heavy (non-hydrogen) atoms. The van der Waals surface area contributed by atoms with Crippen LogP contribution < -0.4 is 5.32 Å². The van der Waals surface area contributed by atoms with E-state index in [1.54, 1.807) is 0 Å². The summed E-state index contributed by atoms with van der Waals surface area (Å²) in [5.41, 5.74) is 5.77. The van der Waals surface area contributed by atoms with Crippen molar-refractivity contribution in [3.63, 3.8) is 0 Å². The van der Waals surface area contributed by atoms with Crippen LogP contribution in [-0.4, -0.2) is 15.7 Å². The highest BCUT2D eigenvalue weighted by molar-refractivity contribution is 6.04. The van der Waals surface area contributed by atoms with E-state index in [1.807, 2.05) is 66.2 Å². The number of aromatic nitrogens is 2. The predicted molar refractivity (Wildman–Crippen MR) is 94.7 cm³/mol. The molecule has 0 unspecified atom stereocenters. The van der Waals surface area contributed by atoms with Gasteiger partial charge in [-0.1, -0.05) is 35.9 Å². The van der Waals surface area contributed by atoms with Gasteiger partial charge >= 0.3 is 0 Å². The minimum atomic E-state index is -0.133. The monoisotopic (exact) mass is 317 g/mol. The van der Waals surface area contributed by atoms with Gasteiger partial charge in [-0.2, -0.15) is 5.10 Å². The second-order valence-corrected chi connectivity index (χ2v) is 6.19. The average molecular weight is 317 g/mol. The minimum absolute atomic E-state index is 0.133. The third-order valence-electron chi connectivity index (χ3n) is 4.46. The van der Waals surface area contributed by atoms with Crippen LogP contribution in [0, 0.1) is 6.92 Å². The van der Waals surface area contributed by atoms with Gasteiger partial charge in [0.15, 0.2) is 5.69 Å². The third kappa shape index (κ3) is 2.60. The highest BCUT2D eigenvalue weighted by atomic mass is 16.2. The Morgan fingerprint density at radius 2 is 1.79 bits per heavy atom. The van der Waals surface area contributed by atoms with Crippen LogP contribution in [0.25, 0.3) is 5.69 Å². The zero-order valence-electron chi connectivity index (χ0n) is 13.6. The van der Waals surface area contributed by atoms with E-state index in [0.717, 1.165) is 41.9 Å². The molecule has 1 N–H and O–H groups in total. The maximum absolute atomic E-state index is 12.7. The van der Waals surface area contributed by atoms with Gasteiger partial charge in [0.1, 0.15) is 0 Å². The van der Waals surface area contributed by atoms with Gasteiger partial charge in [0.05, 0.1) is 5.69 Å². The molecule has 3 aromatic rings. The summed E-state index contributed by atoms with van der Waals surface area (Å²) in [5.74, 6) is -0.133. The minimum Gasteiger partial charge on any atom is -0.321 e. The van der Waals surface area contributed by atoms with Crippen LogP contribution in [-0.2, 0) is 12.8 Å². The van der Waals surface area contributed by atoms with E-state index in [2.05, 4.69) is 10.4 Å². The molecule has 0 fully saturated rings. The number of rotatable bonds is 3. The number of nitrogens with zero attached hydrogens (tertiary/aromatic N) is 2.